The van der Waals surface area contributed by atoms with E-state index >= 15 is 0 Å². The van der Waals surface area contributed by atoms with E-state index < -0.39 is 0 Å². The molecule has 0 aliphatic heterocycles. The maximum Gasteiger partial charge on any atom is 0.262 e. The highest BCUT2D eigenvalue weighted by molar-refractivity contribution is 7.99. The van der Waals surface area contributed by atoms with E-state index in [9.17, 15) is 9.59 Å². The minimum Gasteiger partial charge on any atom is -0.351 e. The minimum absolute atomic E-state index is 0.0643. The molecule has 1 aromatic heterocycles. The number of thioether (sulfide) groups is 1. The molecule has 3 rings (SSSR count). The van der Waals surface area contributed by atoms with Crippen LogP contribution in [-0.2, 0) is 11.3 Å². The lowest BCUT2D eigenvalue weighted by atomic mass is 10.0. The number of amides is 1. The summed E-state index contributed by atoms with van der Waals surface area (Å²) in [5.74, 6) is 0.147. The number of carbonyl (C=O) groups is 1. The molecule has 0 radical (unpaired) electrons. The molecule has 0 spiro atoms. The zero-order valence-electron chi connectivity index (χ0n) is 16.4. The van der Waals surface area contributed by atoms with Gasteiger partial charge in [-0.1, -0.05) is 61.2 Å². The van der Waals surface area contributed by atoms with Crippen molar-refractivity contribution in [3.8, 4) is 0 Å². The van der Waals surface area contributed by atoms with E-state index in [0.717, 1.165) is 12.0 Å². The van der Waals surface area contributed by atoms with Crippen LogP contribution in [0.5, 0.6) is 0 Å². The summed E-state index contributed by atoms with van der Waals surface area (Å²) in [6.45, 7) is 6.45. The van der Waals surface area contributed by atoms with Gasteiger partial charge in [-0.15, -0.1) is 0 Å². The zero-order chi connectivity index (χ0) is 20.1. The molecule has 3 aromatic rings. The molecular formula is C22H25N3O2S. The standard InChI is InChI=1S/C22H25N3O2S/c1-4-22(2,3)24-19(26)15-28-21-23-18-13-9-8-12-17(18)20(27)25(21)14-16-10-6-5-7-11-16/h5-13H,4,14-15H2,1-3H3,(H,24,26). The van der Waals surface area contributed by atoms with Gasteiger partial charge in [0.05, 0.1) is 23.2 Å². The molecule has 6 heteroatoms. The fourth-order valence-corrected chi connectivity index (χ4v) is 3.59. The molecule has 146 valence electrons. The first-order chi connectivity index (χ1) is 13.4. The van der Waals surface area contributed by atoms with Crippen LogP contribution in [0.3, 0.4) is 0 Å². The third kappa shape index (κ3) is 4.81. The van der Waals surface area contributed by atoms with Gasteiger partial charge in [-0.05, 0) is 38.0 Å². The Hall–Kier alpha value is -2.60. The van der Waals surface area contributed by atoms with Crippen LogP contribution in [0.1, 0.15) is 32.8 Å². The van der Waals surface area contributed by atoms with Crippen LogP contribution in [0, 0.1) is 0 Å². The second-order valence-corrected chi connectivity index (χ2v) is 8.31. The summed E-state index contributed by atoms with van der Waals surface area (Å²) in [6, 6.07) is 17.1. The van der Waals surface area contributed by atoms with Crippen molar-refractivity contribution < 1.29 is 4.79 Å². The Morgan fingerprint density at radius 2 is 1.79 bits per heavy atom. The summed E-state index contributed by atoms with van der Waals surface area (Å²) in [6.07, 6.45) is 0.844. The van der Waals surface area contributed by atoms with Gasteiger partial charge in [0, 0.05) is 5.54 Å². The monoisotopic (exact) mass is 395 g/mol. The molecule has 2 aromatic carbocycles. The molecule has 0 aliphatic rings. The Morgan fingerprint density at radius 3 is 2.50 bits per heavy atom. The number of para-hydroxylation sites is 1. The number of nitrogens with zero attached hydrogens (tertiary/aromatic N) is 2. The van der Waals surface area contributed by atoms with Crippen LogP contribution in [0.25, 0.3) is 10.9 Å². The molecule has 0 bridgehead atoms. The number of hydrogen-bond donors (Lipinski definition) is 1. The molecular weight excluding hydrogens is 370 g/mol. The predicted octanol–water partition coefficient (Wildman–Crippen LogP) is 3.84. The lowest BCUT2D eigenvalue weighted by Gasteiger charge is -2.24. The van der Waals surface area contributed by atoms with Crippen LogP contribution >= 0.6 is 11.8 Å². The number of rotatable bonds is 7. The second-order valence-electron chi connectivity index (χ2n) is 7.36. The van der Waals surface area contributed by atoms with E-state index in [1.807, 2.05) is 69.3 Å². The highest BCUT2D eigenvalue weighted by Crippen LogP contribution is 2.19. The molecule has 28 heavy (non-hydrogen) atoms. The van der Waals surface area contributed by atoms with E-state index in [0.29, 0.717) is 22.6 Å². The number of carbonyl (C=O) groups excluding carboxylic acids is 1. The molecule has 1 N–H and O–H groups in total. The molecule has 1 heterocycles. The van der Waals surface area contributed by atoms with Crippen LogP contribution in [0.4, 0.5) is 0 Å². The number of hydrogen-bond acceptors (Lipinski definition) is 4. The van der Waals surface area contributed by atoms with Gasteiger partial charge in [-0.25, -0.2) is 4.98 Å². The molecule has 0 unspecified atom stereocenters. The van der Waals surface area contributed by atoms with E-state index in [1.165, 1.54) is 11.8 Å². The summed E-state index contributed by atoms with van der Waals surface area (Å²) >= 11 is 1.29. The molecule has 0 aliphatic carbocycles. The van der Waals surface area contributed by atoms with Gasteiger partial charge in [-0.3, -0.25) is 14.2 Å². The minimum atomic E-state index is -0.252. The average molecular weight is 396 g/mol. The third-order valence-electron chi connectivity index (χ3n) is 4.70. The molecule has 1 amide bonds. The van der Waals surface area contributed by atoms with E-state index in [1.54, 1.807) is 10.6 Å². The number of fused-ring (bicyclic) bond motifs is 1. The van der Waals surface area contributed by atoms with E-state index in [-0.39, 0.29) is 22.8 Å². The van der Waals surface area contributed by atoms with Crippen LogP contribution in [0.15, 0.2) is 64.5 Å². The maximum atomic E-state index is 13.1. The lowest BCUT2D eigenvalue weighted by molar-refractivity contribution is -0.120. The highest BCUT2D eigenvalue weighted by atomic mass is 32.2. The van der Waals surface area contributed by atoms with Gasteiger partial charge < -0.3 is 5.32 Å². The number of nitrogens with one attached hydrogen (secondary N) is 1. The normalized spacial score (nSPS) is 11.5. The Morgan fingerprint density at radius 1 is 1.11 bits per heavy atom. The van der Waals surface area contributed by atoms with Gasteiger partial charge in [0.15, 0.2) is 5.16 Å². The van der Waals surface area contributed by atoms with Crippen molar-refractivity contribution in [1.29, 1.82) is 0 Å². The summed E-state index contributed by atoms with van der Waals surface area (Å²) in [4.78, 5) is 30.1. The maximum absolute atomic E-state index is 13.1. The first-order valence-electron chi connectivity index (χ1n) is 9.37. The van der Waals surface area contributed by atoms with E-state index in [2.05, 4.69) is 10.3 Å². The molecule has 0 saturated carbocycles. The quantitative estimate of drug-likeness (QED) is 0.488. The molecule has 0 atom stereocenters. The summed E-state index contributed by atoms with van der Waals surface area (Å²) in [7, 11) is 0. The second kappa shape index (κ2) is 8.61. The number of benzene rings is 2. The summed E-state index contributed by atoms with van der Waals surface area (Å²) in [5.41, 5.74) is 1.32. The topological polar surface area (TPSA) is 64.0 Å². The summed E-state index contributed by atoms with van der Waals surface area (Å²) in [5, 5.41) is 4.16. The zero-order valence-corrected chi connectivity index (χ0v) is 17.3. The predicted molar refractivity (Wildman–Crippen MR) is 115 cm³/mol. The van der Waals surface area contributed by atoms with Crippen molar-refractivity contribution in [1.82, 2.24) is 14.9 Å². The molecule has 5 nitrogen and oxygen atoms in total. The van der Waals surface area contributed by atoms with Crippen molar-refractivity contribution >= 4 is 28.6 Å². The Kier molecular flexibility index (Phi) is 6.19. The smallest absolute Gasteiger partial charge is 0.262 e. The van der Waals surface area contributed by atoms with Crippen LogP contribution in [-0.4, -0.2) is 26.8 Å². The van der Waals surface area contributed by atoms with Crippen molar-refractivity contribution in [2.24, 2.45) is 0 Å². The van der Waals surface area contributed by atoms with Gasteiger partial charge in [0.1, 0.15) is 0 Å². The highest BCUT2D eigenvalue weighted by Gasteiger charge is 2.19. The van der Waals surface area contributed by atoms with Gasteiger partial charge >= 0.3 is 0 Å². The van der Waals surface area contributed by atoms with E-state index in [4.69, 9.17) is 0 Å². The van der Waals surface area contributed by atoms with Crippen molar-refractivity contribution in [2.75, 3.05) is 5.75 Å². The van der Waals surface area contributed by atoms with Gasteiger partial charge in [0.2, 0.25) is 5.91 Å². The summed E-state index contributed by atoms with van der Waals surface area (Å²) < 4.78 is 1.65. The van der Waals surface area contributed by atoms with Crippen LogP contribution in [0.2, 0.25) is 0 Å². The number of aromatic nitrogens is 2. The Bertz CT molecular complexity index is 1030. The van der Waals surface area contributed by atoms with Gasteiger partial charge in [0.25, 0.3) is 5.56 Å². The van der Waals surface area contributed by atoms with Gasteiger partial charge in [-0.2, -0.15) is 0 Å². The fourth-order valence-electron chi connectivity index (χ4n) is 2.80. The molecule has 0 fully saturated rings. The average Bonchev–Trinajstić information content (AvgIpc) is 2.69. The SMILES string of the molecule is CCC(C)(C)NC(=O)CSc1nc2ccccc2c(=O)n1Cc1ccccc1. The van der Waals surface area contributed by atoms with Crippen molar-refractivity contribution in [3.05, 3.63) is 70.5 Å². The van der Waals surface area contributed by atoms with Crippen LogP contribution < -0.4 is 10.9 Å². The fraction of sp³-hybridized carbons (Fsp3) is 0.318. The third-order valence-corrected chi connectivity index (χ3v) is 5.68. The first-order valence-corrected chi connectivity index (χ1v) is 10.4. The van der Waals surface area contributed by atoms with Crippen molar-refractivity contribution in [3.63, 3.8) is 0 Å². The Labute approximate surface area is 169 Å². The largest absolute Gasteiger partial charge is 0.351 e. The van der Waals surface area contributed by atoms with Crippen molar-refractivity contribution in [2.45, 2.75) is 44.4 Å². The lowest BCUT2D eigenvalue weighted by Crippen LogP contribution is -2.43. The molecule has 0 saturated heterocycles. The first kappa shape index (κ1) is 20.1. The Balaban J connectivity index is 1.92.